The maximum atomic E-state index is 12.0. The monoisotopic (exact) mass is 303 g/mol. The Balaban J connectivity index is 1.89. The second-order valence-corrected chi connectivity index (χ2v) is 7.68. The Labute approximate surface area is 115 Å². The molecule has 0 unspecified atom stereocenters. The zero-order chi connectivity index (χ0) is 13.6. The average molecular weight is 304 g/mol. The third-order valence-corrected chi connectivity index (χ3v) is 4.80. The number of halogens is 1. The SMILES string of the molecule is O=C(NCC1CC1)c1n[nH]c(C2CC2)c1S(=O)(=O)Cl. The molecule has 19 heavy (non-hydrogen) atoms. The van der Waals surface area contributed by atoms with Gasteiger partial charge in [-0.25, -0.2) is 8.42 Å². The van der Waals surface area contributed by atoms with Crippen LogP contribution in [0.1, 0.15) is 47.8 Å². The van der Waals surface area contributed by atoms with E-state index in [-0.39, 0.29) is 16.5 Å². The maximum Gasteiger partial charge on any atom is 0.273 e. The highest BCUT2D eigenvalue weighted by Crippen LogP contribution is 2.43. The number of carbonyl (C=O) groups excluding carboxylic acids is 1. The van der Waals surface area contributed by atoms with E-state index >= 15 is 0 Å². The van der Waals surface area contributed by atoms with Gasteiger partial charge in [-0.3, -0.25) is 9.89 Å². The molecule has 1 aromatic rings. The molecule has 0 radical (unpaired) electrons. The lowest BCUT2D eigenvalue weighted by Gasteiger charge is -2.03. The van der Waals surface area contributed by atoms with Crippen molar-refractivity contribution in [3.63, 3.8) is 0 Å². The minimum Gasteiger partial charge on any atom is -0.350 e. The van der Waals surface area contributed by atoms with Gasteiger partial charge < -0.3 is 5.32 Å². The number of nitrogens with zero attached hydrogens (tertiary/aromatic N) is 1. The van der Waals surface area contributed by atoms with Crippen molar-refractivity contribution >= 4 is 25.6 Å². The maximum absolute atomic E-state index is 12.0. The van der Waals surface area contributed by atoms with Gasteiger partial charge in [0, 0.05) is 23.1 Å². The molecule has 0 saturated heterocycles. The Morgan fingerprint density at radius 3 is 2.58 bits per heavy atom. The van der Waals surface area contributed by atoms with Crippen LogP contribution in [0.15, 0.2) is 4.90 Å². The lowest BCUT2D eigenvalue weighted by Crippen LogP contribution is -2.27. The van der Waals surface area contributed by atoms with E-state index in [0.717, 1.165) is 25.7 Å². The first-order valence-electron chi connectivity index (χ1n) is 6.28. The highest BCUT2D eigenvalue weighted by atomic mass is 35.7. The van der Waals surface area contributed by atoms with Gasteiger partial charge in [0.1, 0.15) is 4.90 Å². The average Bonchev–Trinajstić information content (AvgIpc) is 3.23. The molecule has 1 aromatic heterocycles. The van der Waals surface area contributed by atoms with Crippen LogP contribution in [0.25, 0.3) is 0 Å². The molecule has 104 valence electrons. The number of rotatable bonds is 5. The van der Waals surface area contributed by atoms with Gasteiger partial charge in [-0.2, -0.15) is 5.10 Å². The minimum atomic E-state index is -3.98. The van der Waals surface area contributed by atoms with E-state index in [1.807, 2.05) is 0 Å². The summed E-state index contributed by atoms with van der Waals surface area (Å²) in [5.74, 6) is 0.164. The topological polar surface area (TPSA) is 91.9 Å². The molecule has 1 heterocycles. The summed E-state index contributed by atoms with van der Waals surface area (Å²) in [6, 6.07) is 0. The number of nitrogens with one attached hydrogen (secondary N) is 2. The molecule has 0 aliphatic heterocycles. The number of hydrogen-bond donors (Lipinski definition) is 2. The fraction of sp³-hybridized carbons (Fsp3) is 0.636. The van der Waals surface area contributed by atoms with Crippen molar-refractivity contribution in [2.75, 3.05) is 6.54 Å². The molecule has 6 nitrogen and oxygen atoms in total. The van der Waals surface area contributed by atoms with Gasteiger partial charge in [0.05, 0.1) is 5.69 Å². The van der Waals surface area contributed by atoms with Gasteiger partial charge in [0.2, 0.25) is 0 Å². The zero-order valence-corrected chi connectivity index (χ0v) is 11.7. The van der Waals surface area contributed by atoms with Crippen molar-refractivity contribution < 1.29 is 13.2 Å². The molecule has 3 rings (SSSR count). The molecule has 2 aliphatic carbocycles. The van der Waals surface area contributed by atoms with E-state index in [0.29, 0.717) is 18.2 Å². The second kappa shape index (κ2) is 4.49. The third-order valence-electron chi connectivity index (χ3n) is 3.44. The van der Waals surface area contributed by atoms with E-state index in [9.17, 15) is 13.2 Å². The van der Waals surface area contributed by atoms with Crippen LogP contribution >= 0.6 is 10.7 Å². The Morgan fingerprint density at radius 2 is 2.05 bits per heavy atom. The second-order valence-electron chi connectivity index (χ2n) is 5.18. The van der Waals surface area contributed by atoms with Gasteiger partial charge in [-0.05, 0) is 31.6 Å². The van der Waals surface area contributed by atoms with E-state index in [1.54, 1.807) is 0 Å². The van der Waals surface area contributed by atoms with E-state index in [2.05, 4.69) is 15.5 Å². The summed E-state index contributed by atoms with van der Waals surface area (Å²) in [4.78, 5) is 11.8. The minimum absolute atomic E-state index is 0.113. The fourth-order valence-corrected chi connectivity index (χ4v) is 3.35. The number of amides is 1. The summed E-state index contributed by atoms with van der Waals surface area (Å²) >= 11 is 0. The molecule has 0 atom stereocenters. The van der Waals surface area contributed by atoms with Gasteiger partial charge in [0.15, 0.2) is 5.69 Å². The third kappa shape index (κ3) is 2.76. The van der Waals surface area contributed by atoms with E-state index < -0.39 is 15.0 Å². The summed E-state index contributed by atoms with van der Waals surface area (Å²) < 4.78 is 23.3. The molecule has 1 amide bonds. The molecule has 2 N–H and O–H groups in total. The first-order valence-corrected chi connectivity index (χ1v) is 8.59. The van der Waals surface area contributed by atoms with Crippen molar-refractivity contribution in [1.29, 1.82) is 0 Å². The van der Waals surface area contributed by atoms with Crippen LogP contribution in [-0.2, 0) is 9.05 Å². The van der Waals surface area contributed by atoms with E-state index in [1.165, 1.54) is 0 Å². The highest BCUT2D eigenvalue weighted by molar-refractivity contribution is 8.13. The lowest BCUT2D eigenvalue weighted by molar-refractivity contribution is 0.0943. The van der Waals surface area contributed by atoms with Gasteiger partial charge >= 0.3 is 0 Å². The fourth-order valence-electron chi connectivity index (χ4n) is 2.04. The lowest BCUT2D eigenvalue weighted by atomic mass is 10.2. The van der Waals surface area contributed by atoms with Crippen LogP contribution in [-0.4, -0.2) is 31.1 Å². The summed E-state index contributed by atoms with van der Waals surface area (Å²) in [7, 11) is 1.46. The molecule has 2 fully saturated rings. The number of hydrogen-bond acceptors (Lipinski definition) is 4. The number of H-pyrrole nitrogens is 1. The summed E-state index contributed by atoms with van der Waals surface area (Å²) in [5.41, 5.74) is 0.351. The molecular weight excluding hydrogens is 290 g/mol. The smallest absolute Gasteiger partial charge is 0.273 e. The molecular formula is C11H14ClN3O3S. The molecule has 0 bridgehead atoms. The van der Waals surface area contributed by atoms with Gasteiger partial charge in [0.25, 0.3) is 15.0 Å². The Morgan fingerprint density at radius 1 is 1.37 bits per heavy atom. The number of carbonyl (C=O) groups is 1. The Bertz CT molecular complexity index is 617. The normalized spacial score (nSPS) is 19.4. The van der Waals surface area contributed by atoms with Crippen LogP contribution in [0.2, 0.25) is 0 Å². The summed E-state index contributed by atoms with van der Waals surface area (Å²) in [6.07, 6.45) is 4.00. The van der Waals surface area contributed by atoms with Crippen LogP contribution in [0.5, 0.6) is 0 Å². The van der Waals surface area contributed by atoms with Crippen molar-refractivity contribution in [2.24, 2.45) is 5.92 Å². The number of aromatic amines is 1. The van der Waals surface area contributed by atoms with Gasteiger partial charge in [-0.15, -0.1) is 0 Å². The first kappa shape index (κ1) is 12.9. The molecule has 0 aromatic carbocycles. The Hall–Kier alpha value is -1.08. The number of aromatic nitrogens is 2. The van der Waals surface area contributed by atoms with Crippen molar-refractivity contribution in [3.05, 3.63) is 11.4 Å². The largest absolute Gasteiger partial charge is 0.350 e. The first-order chi connectivity index (χ1) is 8.97. The molecule has 8 heteroatoms. The highest BCUT2D eigenvalue weighted by Gasteiger charge is 2.36. The predicted octanol–water partition coefficient (Wildman–Crippen LogP) is 1.35. The van der Waals surface area contributed by atoms with E-state index in [4.69, 9.17) is 10.7 Å². The predicted molar refractivity (Wildman–Crippen MR) is 68.7 cm³/mol. The van der Waals surface area contributed by atoms with Crippen molar-refractivity contribution in [3.8, 4) is 0 Å². The van der Waals surface area contributed by atoms with Crippen LogP contribution in [0.4, 0.5) is 0 Å². The van der Waals surface area contributed by atoms with Crippen molar-refractivity contribution in [2.45, 2.75) is 36.5 Å². The standard InChI is InChI=1S/C11H14ClN3O3S/c12-19(17,18)10-8(7-3-4-7)14-15-9(10)11(16)13-5-6-1-2-6/h6-7H,1-5H2,(H,13,16)(H,14,15). The zero-order valence-electron chi connectivity index (χ0n) is 10.1. The van der Waals surface area contributed by atoms with Crippen LogP contribution < -0.4 is 5.32 Å². The quantitative estimate of drug-likeness (QED) is 0.803. The van der Waals surface area contributed by atoms with Crippen LogP contribution in [0, 0.1) is 5.92 Å². The van der Waals surface area contributed by atoms with Gasteiger partial charge in [-0.1, -0.05) is 0 Å². The molecule has 2 saturated carbocycles. The Kier molecular flexibility index (Phi) is 3.05. The van der Waals surface area contributed by atoms with Crippen LogP contribution in [0.3, 0.4) is 0 Å². The van der Waals surface area contributed by atoms with Crippen molar-refractivity contribution in [1.82, 2.24) is 15.5 Å². The summed E-state index contributed by atoms with van der Waals surface area (Å²) in [5, 5.41) is 9.20. The molecule has 2 aliphatic rings. The molecule has 0 spiro atoms. The summed E-state index contributed by atoms with van der Waals surface area (Å²) in [6.45, 7) is 0.562.